The predicted octanol–water partition coefficient (Wildman–Crippen LogP) is 0.770. The SMILES string of the molecule is O=C(Cc1ccc(F)cc1)N1CCN(CC(O)Cn2cccn2)CC1. The van der Waals surface area contributed by atoms with Crippen LogP contribution in [0.1, 0.15) is 5.56 Å². The first-order valence-corrected chi connectivity index (χ1v) is 8.50. The highest BCUT2D eigenvalue weighted by atomic mass is 19.1. The van der Waals surface area contributed by atoms with Gasteiger partial charge < -0.3 is 10.0 Å². The molecule has 6 nitrogen and oxygen atoms in total. The number of amides is 1. The van der Waals surface area contributed by atoms with Crippen LogP contribution in [0.2, 0.25) is 0 Å². The average molecular weight is 346 g/mol. The summed E-state index contributed by atoms with van der Waals surface area (Å²) in [6.45, 7) is 3.82. The maximum absolute atomic E-state index is 12.9. The minimum atomic E-state index is -0.485. The Kier molecular flexibility index (Phi) is 5.78. The molecule has 7 heteroatoms. The van der Waals surface area contributed by atoms with Gasteiger partial charge in [0.15, 0.2) is 0 Å². The summed E-state index contributed by atoms with van der Waals surface area (Å²) in [5.74, 6) is -0.234. The van der Waals surface area contributed by atoms with Crippen molar-refractivity contribution in [2.45, 2.75) is 19.1 Å². The Hall–Kier alpha value is -2.25. The topological polar surface area (TPSA) is 61.6 Å². The van der Waals surface area contributed by atoms with Gasteiger partial charge >= 0.3 is 0 Å². The molecular formula is C18H23FN4O2. The second-order valence-electron chi connectivity index (χ2n) is 6.37. The molecule has 1 saturated heterocycles. The third kappa shape index (κ3) is 5.11. The molecule has 1 unspecified atom stereocenters. The van der Waals surface area contributed by atoms with Crippen LogP contribution in [0.3, 0.4) is 0 Å². The van der Waals surface area contributed by atoms with Crippen molar-refractivity contribution in [3.8, 4) is 0 Å². The van der Waals surface area contributed by atoms with E-state index >= 15 is 0 Å². The number of aliphatic hydroxyl groups is 1. The minimum absolute atomic E-state index is 0.0587. The summed E-state index contributed by atoms with van der Waals surface area (Å²) in [5, 5.41) is 14.2. The Labute approximate surface area is 146 Å². The first kappa shape index (κ1) is 17.6. The number of nitrogens with zero attached hydrogens (tertiary/aromatic N) is 4. The molecule has 25 heavy (non-hydrogen) atoms. The highest BCUT2D eigenvalue weighted by molar-refractivity contribution is 5.78. The van der Waals surface area contributed by atoms with Gasteiger partial charge in [-0.05, 0) is 23.8 Å². The molecule has 1 atom stereocenters. The summed E-state index contributed by atoms with van der Waals surface area (Å²) < 4.78 is 14.6. The molecule has 0 bridgehead atoms. The third-order valence-electron chi connectivity index (χ3n) is 4.42. The summed E-state index contributed by atoms with van der Waals surface area (Å²) in [6, 6.07) is 7.88. The van der Waals surface area contributed by atoms with Crippen molar-refractivity contribution in [1.82, 2.24) is 19.6 Å². The molecule has 3 rings (SSSR count). The van der Waals surface area contributed by atoms with E-state index in [-0.39, 0.29) is 11.7 Å². The number of piperazine rings is 1. The summed E-state index contributed by atoms with van der Waals surface area (Å²) in [7, 11) is 0. The zero-order chi connectivity index (χ0) is 17.6. The molecule has 0 spiro atoms. The number of hydrogen-bond acceptors (Lipinski definition) is 4. The van der Waals surface area contributed by atoms with Crippen molar-refractivity contribution in [2.75, 3.05) is 32.7 Å². The van der Waals surface area contributed by atoms with Gasteiger partial charge in [0.2, 0.25) is 5.91 Å². The molecule has 1 fully saturated rings. The fourth-order valence-corrected chi connectivity index (χ4v) is 3.05. The highest BCUT2D eigenvalue weighted by Gasteiger charge is 2.22. The largest absolute Gasteiger partial charge is 0.390 e. The van der Waals surface area contributed by atoms with Gasteiger partial charge in [0.05, 0.1) is 19.1 Å². The van der Waals surface area contributed by atoms with Crippen LogP contribution in [-0.2, 0) is 17.8 Å². The second-order valence-corrected chi connectivity index (χ2v) is 6.37. The molecule has 0 saturated carbocycles. The van der Waals surface area contributed by atoms with Crippen LogP contribution in [0.4, 0.5) is 4.39 Å². The highest BCUT2D eigenvalue weighted by Crippen LogP contribution is 2.09. The van der Waals surface area contributed by atoms with Crippen LogP contribution < -0.4 is 0 Å². The normalized spacial score (nSPS) is 16.8. The number of hydrogen-bond donors (Lipinski definition) is 1. The van der Waals surface area contributed by atoms with Gasteiger partial charge in [0.25, 0.3) is 0 Å². The van der Waals surface area contributed by atoms with Crippen molar-refractivity contribution in [3.05, 3.63) is 54.1 Å². The Morgan fingerprint density at radius 1 is 1.16 bits per heavy atom. The van der Waals surface area contributed by atoms with Gasteiger partial charge in [-0.3, -0.25) is 14.4 Å². The lowest BCUT2D eigenvalue weighted by Crippen LogP contribution is -2.51. The van der Waals surface area contributed by atoms with Crippen LogP contribution in [0.25, 0.3) is 0 Å². The lowest BCUT2D eigenvalue weighted by molar-refractivity contribution is -0.132. The van der Waals surface area contributed by atoms with E-state index in [4.69, 9.17) is 0 Å². The number of rotatable bonds is 6. The molecule has 1 amide bonds. The van der Waals surface area contributed by atoms with E-state index in [0.717, 1.165) is 18.7 Å². The Bertz CT molecular complexity index is 667. The zero-order valence-corrected chi connectivity index (χ0v) is 14.1. The van der Waals surface area contributed by atoms with Crippen molar-refractivity contribution >= 4 is 5.91 Å². The maximum atomic E-state index is 12.9. The number of aliphatic hydroxyl groups excluding tert-OH is 1. The summed E-state index contributed by atoms with van der Waals surface area (Å²) in [5.41, 5.74) is 0.823. The summed E-state index contributed by atoms with van der Waals surface area (Å²) in [6.07, 6.45) is 3.33. The Morgan fingerprint density at radius 3 is 2.52 bits per heavy atom. The summed E-state index contributed by atoms with van der Waals surface area (Å²) >= 11 is 0. The van der Waals surface area contributed by atoms with E-state index in [9.17, 15) is 14.3 Å². The number of β-amino-alcohol motifs (C(OH)–C–C–N with tert-alkyl or cyclic N) is 1. The summed E-state index contributed by atoms with van der Waals surface area (Å²) in [4.78, 5) is 16.3. The fourth-order valence-electron chi connectivity index (χ4n) is 3.05. The van der Waals surface area contributed by atoms with E-state index in [1.807, 2.05) is 17.2 Å². The van der Waals surface area contributed by atoms with E-state index < -0.39 is 6.10 Å². The molecule has 2 aromatic rings. The molecule has 0 aliphatic carbocycles. The van der Waals surface area contributed by atoms with Crippen molar-refractivity contribution in [3.63, 3.8) is 0 Å². The predicted molar refractivity (Wildman–Crippen MR) is 91.4 cm³/mol. The van der Waals surface area contributed by atoms with Gasteiger partial charge in [0, 0.05) is 45.1 Å². The molecule has 1 aromatic heterocycles. The number of carbonyl (C=O) groups is 1. The van der Waals surface area contributed by atoms with Gasteiger partial charge in [-0.15, -0.1) is 0 Å². The quantitative estimate of drug-likeness (QED) is 0.839. The maximum Gasteiger partial charge on any atom is 0.227 e. The molecule has 1 aromatic carbocycles. The standard InChI is InChI=1S/C18H23FN4O2/c19-16-4-2-15(3-5-16)12-18(25)22-10-8-21(9-11-22)13-17(24)14-23-7-1-6-20-23/h1-7,17,24H,8-14H2. The molecule has 1 N–H and O–H groups in total. The number of benzene rings is 1. The van der Waals surface area contributed by atoms with Crippen molar-refractivity contribution in [1.29, 1.82) is 0 Å². The molecule has 2 heterocycles. The smallest absolute Gasteiger partial charge is 0.227 e. The van der Waals surface area contributed by atoms with E-state index in [1.54, 1.807) is 23.0 Å². The number of halogens is 1. The van der Waals surface area contributed by atoms with Gasteiger partial charge in [-0.1, -0.05) is 12.1 Å². The first-order valence-electron chi connectivity index (χ1n) is 8.50. The van der Waals surface area contributed by atoms with E-state index in [2.05, 4.69) is 10.00 Å². The van der Waals surface area contributed by atoms with Crippen molar-refractivity contribution in [2.24, 2.45) is 0 Å². The molecule has 134 valence electrons. The average Bonchev–Trinajstić information content (AvgIpc) is 3.10. The first-order chi connectivity index (χ1) is 12.1. The van der Waals surface area contributed by atoms with Crippen LogP contribution in [0.5, 0.6) is 0 Å². The van der Waals surface area contributed by atoms with Gasteiger partial charge in [-0.25, -0.2) is 4.39 Å². The van der Waals surface area contributed by atoms with E-state index in [1.165, 1.54) is 12.1 Å². The van der Waals surface area contributed by atoms with Gasteiger partial charge in [-0.2, -0.15) is 5.10 Å². The molecule has 1 aliphatic rings. The Balaban J connectivity index is 1.41. The number of aromatic nitrogens is 2. The lowest BCUT2D eigenvalue weighted by atomic mass is 10.1. The van der Waals surface area contributed by atoms with Gasteiger partial charge in [0.1, 0.15) is 5.82 Å². The lowest BCUT2D eigenvalue weighted by Gasteiger charge is -2.35. The monoisotopic (exact) mass is 346 g/mol. The van der Waals surface area contributed by atoms with Crippen LogP contribution >= 0.6 is 0 Å². The molecule has 0 radical (unpaired) electrons. The fraction of sp³-hybridized carbons (Fsp3) is 0.444. The molecular weight excluding hydrogens is 323 g/mol. The zero-order valence-electron chi connectivity index (χ0n) is 14.1. The van der Waals surface area contributed by atoms with Crippen LogP contribution in [-0.4, -0.2) is 69.4 Å². The molecule has 1 aliphatic heterocycles. The minimum Gasteiger partial charge on any atom is -0.390 e. The van der Waals surface area contributed by atoms with Crippen LogP contribution in [0.15, 0.2) is 42.7 Å². The Morgan fingerprint density at radius 2 is 1.88 bits per heavy atom. The second kappa shape index (κ2) is 8.22. The van der Waals surface area contributed by atoms with E-state index in [0.29, 0.717) is 32.6 Å². The van der Waals surface area contributed by atoms with Crippen molar-refractivity contribution < 1.29 is 14.3 Å². The van der Waals surface area contributed by atoms with Crippen LogP contribution in [0, 0.1) is 5.82 Å². The third-order valence-corrected chi connectivity index (χ3v) is 4.42. The number of carbonyl (C=O) groups excluding carboxylic acids is 1.